The van der Waals surface area contributed by atoms with Gasteiger partial charge in [0.05, 0.1) is 0 Å². The van der Waals surface area contributed by atoms with Crippen LogP contribution in [0.4, 0.5) is 0 Å². The van der Waals surface area contributed by atoms with E-state index in [-0.39, 0.29) is 0 Å². The summed E-state index contributed by atoms with van der Waals surface area (Å²) in [6.45, 7) is 9.28. The van der Waals surface area contributed by atoms with Crippen LogP contribution in [0.3, 0.4) is 0 Å². The molecule has 0 aromatic rings. The van der Waals surface area contributed by atoms with Gasteiger partial charge in [0.1, 0.15) is 0 Å². The molecule has 1 atom stereocenters. The number of nitrogens with two attached hydrogens (primary N) is 1. The van der Waals surface area contributed by atoms with Gasteiger partial charge in [-0.1, -0.05) is 25.7 Å². The molecule has 0 aromatic heterocycles. The van der Waals surface area contributed by atoms with E-state index in [4.69, 9.17) is 5.73 Å². The first-order valence-corrected chi connectivity index (χ1v) is 7.46. The lowest BCUT2D eigenvalue weighted by Gasteiger charge is -2.38. The molecule has 2 rings (SSSR count). The van der Waals surface area contributed by atoms with E-state index in [9.17, 15) is 0 Å². The van der Waals surface area contributed by atoms with Crippen molar-refractivity contribution in [1.82, 2.24) is 9.80 Å². The van der Waals surface area contributed by atoms with Gasteiger partial charge in [-0.15, -0.1) is 0 Å². The zero-order valence-electron chi connectivity index (χ0n) is 11.4. The van der Waals surface area contributed by atoms with Gasteiger partial charge in [-0.25, -0.2) is 0 Å². The van der Waals surface area contributed by atoms with E-state index in [0.29, 0.717) is 6.04 Å². The van der Waals surface area contributed by atoms with Crippen molar-refractivity contribution < 1.29 is 0 Å². The Bertz CT molecular complexity index is 206. The van der Waals surface area contributed by atoms with Crippen LogP contribution >= 0.6 is 0 Å². The number of piperazine rings is 1. The second-order valence-electron chi connectivity index (χ2n) is 5.90. The van der Waals surface area contributed by atoms with Crippen LogP contribution in [0.1, 0.15) is 39.0 Å². The van der Waals surface area contributed by atoms with E-state index in [2.05, 4.69) is 16.7 Å². The average Bonchev–Trinajstić information content (AvgIpc) is 2.89. The second kappa shape index (κ2) is 6.72. The van der Waals surface area contributed by atoms with E-state index in [1.807, 2.05) is 0 Å². The molecule has 0 spiro atoms. The summed E-state index contributed by atoms with van der Waals surface area (Å²) < 4.78 is 0. The Hall–Kier alpha value is -0.120. The summed E-state index contributed by atoms with van der Waals surface area (Å²) in [7, 11) is 0. The topological polar surface area (TPSA) is 32.5 Å². The van der Waals surface area contributed by atoms with Crippen LogP contribution in [0.25, 0.3) is 0 Å². The summed E-state index contributed by atoms with van der Waals surface area (Å²) in [6.07, 6.45) is 7.37. The maximum absolute atomic E-state index is 5.72. The normalized spacial score (nSPS) is 26.5. The SMILES string of the molecule is CC(CN)N1CCN(CCC2CCCC2)CC1. The highest BCUT2D eigenvalue weighted by molar-refractivity contribution is 4.77. The summed E-state index contributed by atoms with van der Waals surface area (Å²) in [5, 5.41) is 0. The first-order chi connectivity index (χ1) is 8.29. The lowest BCUT2D eigenvalue weighted by Crippen LogP contribution is -2.51. The molecule has 17 heavy (non-hydrogen) atoms. The Labute approximate surface area is 106 Å². The van der Waals surface area contributed by atoms with Crippen molar-refractivity contribution in [2.45, 2.75) is 45.1 Å². The molecule has 3 heteroatoms. The van der Waals surface area contributed by atoms with Crippen molar-refractivity contribution >= 4 is 0 Å². The first-order valence-electron chi connectivity index (χ1n) is 7.46. The van der Waals surface area contributed by atoms with Gasteiger partial charge in [-0.05, 0) is 25.8 Å². The largest absolute Gasteiger partial charge is 0.329 e. The van der Waals surface area contributed by atoms with E-state index in [1.54, 1.807) is 0 Å². The van der Waals surface area contributed by atoms with Crippen molar-refractivity contribution in [3.8, 4) is 0 Å². The summed E-state index contributed by atoms with van der Waals surface area (Å²) in [5.41, 5.74) is 5.72. The van der Waals surface area contributed by atoms with Gasteiger partial charge in [0, 0.05) is 38.8 Å². The molecule has 1 unspecified atom stereocenters. The molecule has 0 amide bonds. The molecule has 2 N–H and O–H groups in total. The molecule has 1 saturated heterocycles. The van der Waals surface area contributed by atoms with E-state index >= 15 is 0 Å². The molecule has 3 nitrogen and oxygen atoms in total. The van der Waals surface area contributed by atoms with Crippen molar-refractivity contribution in [3.05, 3.63) is 0 Å². The average molecular weight is 239 g/mol. The van der Waals surface area contributed by atoms with Crippen LogP contribution in [0.2, 0.25) is 0 Å². The molecule has 0 radical (unpaired) electrons. The van der Waals surface area contributed by atoms with Gasteiger partial charge < -0.3 is 10.6 Å². The van der Waals surface area contributed by atoms with Crippen LogP contribution < -0.4 is 5.73 Å². The number of rotatable bonds is 5. The van der Waals surface area contributed by atoms with Crippen LogP contribution in [0, 0.1) is 5.92 Å². The quantitative estimate of drug-likeness (QED) is 0.790. The van der Waals surface area contributed by atoms with Gasteiger partial charge in [0.2, 0.25) is 0 Å². The molecule has 1 aliphatic heterocycles. The molecule has 0 aromatic carbocycles. The van der Waals surface area contributed by atoms with Gasteiger partial charge in [-0.3, -0.25) is 4.90 Å². The van der Waals surface area contributed by atoms with Crippen LogP contribution in [0.5, 0.6) is 0 Å². The third-order valence-electron chi connectivity index (χ3n) is 4.70. The molecular formula is C14H29N3. The van der Waals surface area contributed by atoms with Gasteiger partial charge in [0.25, 0.3) is 0 Å². The van der Waals surface area contributed by atoms with Crippen LogP contribution in [-0.2, 0) is 0 Å². The first kappa shape index (κ1) is 13.3. The lowest BCUT2D eigenvalue weighted by atomic mass is 10.0. The highest BCUT2D eigenvalue weighted by Gasteiger charge is 2.21. The second-order valence-corrected chi connectivity index (χ2v) is 5.90. The fourth-order valence-corrected chi connectivity index (χ4v) is 3.24. The van der Waals surface area contributed by atoms with Crippen molar-refractivity contribution in [1.29, 1.82) is 0 Å². The Morgan fingerprint density at radius 1 is 1.12 bits per heavy atom. The number of nitrogens with zero attached hydrogens (tertiary/aromatic N) is 2. The van der Waals surface area contributed by atoms with Crippen LogP contribution in [0.15, 0.2) is 0 Å². The highest BCUT2D eigenvalue weighted by atomic mass is 15.3. The summed E-state index contributed by atoms with van der Waals surface area (Å²) in [6, 6.07) is 0.562. The monoisotopic (exact) mass is 239 g/mol. The Kier molecular flexibility index (Phi) is 5.26. The predicted molar refractivity (Wildman–Crippen MR) is 73.1 cm³/mol. The van der Waals surface area contributed by atoms with Gasteiger partial charge in [0.15, 0.2) is 0 Å². The van der Waals surface area contributed by atoms with E-state index < -0.39 is 0 Å². The molecule has 2 aliphatic rings. The Morgan fingerprint density at radius 2 is 1.76 bits per heavy atom. The zero-order valence-corrected chi connectivity index (χ0v) is 11.4. The smallest absolute Gasteiger partial charge is 0.0191 e. The summed E-state index contributed by atoms with van der Waals surface area (Å²) in [4.78, 5) is 5.18. The fraction of sp³-hybridized carbons (Fsp3) is 1.00. The van der Waals surface area contributed by atoms with Crippen molar-refractivity contribution in [2.75, 3.05) is 39.3 Å². The summed E-state index contributed by atoms with van der Waals surface area (Å²) in [5.74, 6) is 1.04. The number of hydrogen-bond donors (Lipinski definition) is 1. The van der Waals surface area contributed by atoms with E-state index in [0.717, 1.165) is 12.5 Å². The van der Waals surface area contributed by atoms with E-state index in [1.165, 1.54) is 64.8 Å². The van der Waals surface area contributed by atoms with Crippen LogP contribution in [-0.4, -0.2) is 55.1 Å². The van der Waals surface area contributed by atoms with Gasteiger partial charge in [-0.2, -0.15) is 0 Å². The minimum atomic E-state index is 0.562. The molecule has 2 fully saturated rings. The Balaban J connectivity index is 1.61. The standard InChI is InChI=1S/C14H29N3/c1-13(12-15)17-10-8-16(9-11-17)7-6-14-4-2-3-5-14/h13-14H,2-12,15H2,1H3. The van der Waals surface area contributed by atoms with Gasteiger partial charge >= 0.3 is 0 Å². The molecule has 100 valence electrons. The Morgan fingerprint density at radius 3 is 2.35 bits per heavy atom. The zero-order chi connectivity index (χ0) is 12.1. The third-order valence-corrected chi connectivity index (χ3v) is 4.70. The predicted octanol–water partition coefficient (Wildman–Crippen LogP) is 1.53. The molecular weight excluding hydrogens is 210 g/mol. The third kappa shape index (κ3) is 3.94. The molecule has 1 saturated carbocycles. The maximum Gasteiger partial charge on any atom is 0.0191 e. The highest BCUT2D eigenvalue weighted by Crippen LogP contribution is 2.27. The number of hydrogen-bond acceptors (Lipinski definition) is 3. The lowest BCUT2D eigenvalue weighted by molar-refractivity contribution is 0.101. The summed E-state index contributed by atoms with van der Waals surface area (Å²) >= 11 is 0. The fourth-order valence-electron chi connectivity index (χ4n) is 3.24. The van der Waals surface area contributed by atoms with Crippen molar-refractivity contribution in [2.24, 2.45) is 11.7 Å². The molecule has 0 bridgehead atoms. The minimum absolute atomic E-state index is 0.562. The van der Waals surface area contributed by atoms with Crippen molar-refractivity contribution in [3.63, 3.8) is 0 Å². The molecule has 1 aliphatic carbocycles. The maximum atomic E-state index is 5.72. The molecule has 1 heterocycles. The minimum Gasteiger partial charge on any atom is -0.329 e.